The third kappa shape index (κ3) is 2.61. The monoisotopic (exact) mass is 281 g/mol. The van der Waals surface area contributed by atoms with Gasteiger partial charge in [0.15, 0.2) is 0 Å². The molecule has 0 amide bonds. The number of fused-ring (bicyclic) bond motifs is 1. The maximum absolute atomic E-state index is 3.40. The van der Waals surface area contributed by atoms with E-state index in [2.05, 4.69) is 72.7 Å². The quantitative estimate of drug-likeness (QED) is 0.662. The summed E-state index contributed by atoms with van der Waals surface area (Å²) in [4.78, 5) is 3.40. The highest BCUT2D eigenvalue weighted by molar-refractivity contribution is 7.99. The number of aromatic amines is 1. The van der Waals surface area contributed by atoms with Gasteiger partial charge >= 0.3 is 0 Å². The van der Waals surface area contributed by atoms with Gasteiger partial charge in [0.05, 0.1) is 5.25 Å². The fourth-order valence-electron chi connectivity index (χ4n) is 2.54. The molecule has 0 spiro atoms. The Balaban J connectivity index is 2.05. The molecule has 0 radical (unpaired) electrons. The van der Waals surface area contributed by atoms with E-state index in [1.807, 2.05) is 11.8 Å². The number of hydrogen-bond acceptors (Lipinski definition) is 1. The van der Waals surface area contributed by atoms with E-state index in [0.717, 1.165) is 0 Å². The summed E-state index contributed by atoms with van der Waals surface area (Å²) < 4.78 is 0. The molecule has 1 nitrogen and oxygen atoms in total. The van der Waals surface area contributed by atoms with E-state index in [9.17, 15) is 0 Å². The molecule has 102 valence electrons. The van der Waals surface area contributed by atoms with Crippen molar-refractivity contribution in [2.75, 3.05) is 5.75 Å². The van der Waals surface area contributed by atoms with Crippen molar-refractivity contribution >= 4 is 22.7 Å². The Morgan fingerprint density at radius 1 is 1.00 bits per heavy atom. The molecule has 3 rings (SSSR count). The minimum absolute atomic E-state index is 0.410. The van der Waals surface area contributed by atoms with Gasteiger partial charge in [-0.1, -0.05) is 55.5 Å². The lowest BCUT2D eigenvalue weighted by molar-refractivity contribution is 1.08. The number of nitrogens with one attached hydrogen (secondary N) is 1. The topological polar surface area (TPSA) is 15.8 Å². The van der Waals surface area contributed by atoms with Gasteiger partial charge in [0, 0.05) is 17.1 Å². The minimum atomic E-state index is 0.410. The zero-order chi connectivity index (χ0) is 13.8. The highest BCUT2D eigenvalue weighted by Gasteiger charge is 2.17. The molecule has 0 aliphatic rings. The maximum Gasteiger partial charge on any atom is 0.0567 e. The van der Waals surface area contributed by atoms with Crippen molar-refractivity contribution in [3.63, 3.8) is 0 Å². The van der Waals surface area contributed by atoms with Gasteiger partial charge in [-0.25, -0.2) is 0 Å². The zero-order valence-electron chi connectivity index (χ0n) is 11.7. The third-order valence-corrected chi connectivity index (χ3v) is 5.00. The number of hydrogen-bond donors (Lipinski definition) is 1. The van der Waals surface area contributed by atoms with Crippen LogP contribution in [0.15, 0.2) is 60.8 Å². The third-order valence-electron chi connectivity index (χ3n) is 3.49. The first-order chi connectivity index (χ1) is 9.90. The van der Waals surface area contributed by atoms with Crippen molar-refractivity contribution in [3.05, 3.63) is 71.9 Å². The van der Waals surface area contributed by atoms with Crippen LogP contribution in [0, 0.1) is 0 Å². The summed E-state index contributed by atoms with van der Waals surface area (Å²) in [6.07, 6.45) is 3.38. The second-order valence-corrected chi connectivity index (χ2v) is 6.16. The molecule has 0 bridgehead atoms. The largest absolute Gasteiger partial charge is 0.361 e. The number of rotatable bonds is 5. The average molecular weight is 281 g/mol. The average Bonchev–Trinajstić information content (AvgIpc) is 2.93. The molecule has 0 fully saturated rings. The lowest BCUT2D eigenvalue weighted by Gasteiger charge is -2.16. The van der Waals surface area contributed by atoms with E-state index in [1.165, 1.54) is 34.2 Å². The number of thioether (sulfide) groups is 1. The van der Waals surface area contributed by atoms with Crippen molar-refractivity contribution in [2.24, 2.45) is 0 Å². The molecule has 2 aromatic carbocycles. The molecule has 3 aromatic rings. The van der Waals surface area contributed by atoms with Crippen molar-refractivity contribution in [2.45, 2.75) is 18.6 Å². The highest BCUT2D eigenvalue weighted by Crippen LogP contribution is 2.39. The number of para-hydroxylation sites is 1. The van der Waals surface area contributed by atoms with Crippen LogP contribution in [0.2, 0.25) is 0 Å². The Kier molecular flexibility index (Phi) is 4.12. The highest BCUT2D eigenvalue weighted by atomic mass is 32.2. The molecule has 1 aromatic heterocycles. The van der Waals surface area contributed by atoms with Crippen molar-refractivity contribution in [1.82, 2.24) is 4.98 Å². The Hall–Kier alpha value is -1.67. The predicted molar refractivity (Wildman–Crippen MR) is 89.3 cm³/mol. The minimum Gasteiger partial charge on any atom is -0.361 e. The summed E-state index contributed by atoms with van der Waals surface area (Å²) in [5.41, 5.74) is 4.00. The maximum atomic E-state index is 3.40. The lowest BCUT2D eigenvalue weighted by atomic mass is 10.0. The first kappa shape index (κ1) is 13.3. The van der Waals surface area contributed by atoms with Gasteiger partial charge in [0.2, 0.25) is 0 Å². The molecular weight excluding hydrogens is 262 g/mol. The van der Waals surface area contributed by atoms with Gasteiger partial charge in [0.25, 0.3) is 0 Å². The molecule has 20 heavy (non-hydrogen) atoms. The lowest BCUT2D eigenvalue weighted by Crippen LogP contribution is -1.97. The van der Waals surface area contributed by atoms with Gasteiger partial charge in [-0.05, 0) is 29.4 Å². The van der Waals surface area contributed by atoms with Gasteiger partial charge < -0.3 is 4.98 Å². The molecular formula is C18H19NS. The Morgan fingerprint density at radius 2 is 1.75 bits per heavy atom. The number of aromatic nitrogens is 1. The smallest absolute Gasteiger partial charge is 0.0567 e. The summed E-state index contributed by atoms with van der Waals surface area (Å²) in [6, 6.07) is 19.4. The van der Waals surface area contributed by atoms with Crippen molar-refractivity contribution < 1.29 is 0 Å². The predicted octanol–water partition coefficient (Wildman–Crippen LogP) is 5.40. The zero-order valence-corrected chi connectivity index (χ0v) is 12.5. The van der Waals surface area contributed by atoms with Crippen LogP contribution in [-0.4, -0.2) is 10.7 Å². The van der Waals surface area contributed by atoms with Gasteiger partial charge in [-0.15, -0.1) is 11.8 Å². The molecule has 1 atom stereocenters. The van der Waals surface area contributed by atoms with E-state index < -0.39 is 0 Å². The molecule has 0 saturated carbocycles. The number of H-pyrrole nitrogens is 1. The van der Waals surface area contributed by atoms with Crippen LogP contribution in [0.5, 0.6) is 0 Å². The van der Waals surface area contributed by atoms with Gasteiger partial charge in [-0.2, -0.15) is 0 Å². The summed E-state index contributed by atoms with van der Waals surface area (Å²) in [5.74, 6) is 1.18. The summed E-state index contributed by atoms with van der Waals surface area (Å²) >= 11 is 2.03. The first-order valence-corrected chi connectivity index (χ1v) is 8.17. The Labute approximate surface area is 124 Å². The van der Waals surface area contributed by atoms with Gasteiger partial charge in [0.1, 0.15) is 0 Å². The van der Waals surface area contributed by atoms with Crippen LogP contribution >= 0.6 is 11.8 Å². The fraction of sp³-hybridized carbons (Fsp3) is 0.222. The summed E-state index contributed by atoms with van der Waals surface area (Å²) in [7, 11) is 0. The second-order valence-electron chi connectivity index (χ2n) is 4.95. The second kappa shape index (κ2) is 6.19. The molecule has 0 aliphatic carbocycles. The normalized spacial score (nSPS) is 12.7. The Bertz CT molecular complexity index is 672. The van der Waals surface area contributed by atoms with Crippen molar-refractivity contribution in [3.8, 4) is 0 Å². The SMILES string of the molecule is CCCSC(c1ccccc1)c1c[nH]c2ccccc12. The van der Waals surface area contributed by atoms with Crippen LogP contribution in [0.1, 0.15) is 29.7 Å². The Morgan fingerprint density at radius 3 is 2.55 bits per heavy atom. The first-order valence-electron chi connectivity index (χ1n) is 7.12. The summed E-state index contributed by atoms with van der Waals surface area (Å²) in [5, 5.41) is 1.75. The van der Waals surface area contributed by atoms with E-state index in [1.54, 1.807) is 0 Å². The van der Waals surface area contributed by atoms with E-state index in [0.29, 0.717) is 5.25 Å². The van der Waals surface area contributed by atoms with E-state index >= 15 is 0 Å². The molecule has 0 aliphatic heterocycles. The molecule has 1 heterocycles. The van der Waals surface area contributed by atoms with Crippen molar-refractivity contribution in [1.29, 1.82) is 0 Å². The van der Waals surface area contributed by atoms with Crippen LogP contribution in [0.4, 0.5) is 0 Å². The number of benzene rings is 2. The van der Waals surface area contributed by atoms with Crippen LogP contribution < -0.4 is 0 Å². The standard InChI is InChI=1S/C18H19NS/c1-2-12-20-18(14-8-4-3-5-9-14)16-13-19-17-11-7-6-10-15(16)17/h3-11,13,18-19H,2,12H2,1H3. The summed E-state index contributed by atoms with van der Waals surface area (Å²) in [6.45, 7) is 2.24. The van der Waals surface area contributed by atoms with Crippen LogP contribution in [0.25, 0.3) is 10.9 Å². The molecule has 1 N–H and O–H groups in total. The van der Waals surface area contributed by atoms with E-state index in [-0.39, 0.29) is 0 Å². The fourth-order valence-corrected chi connectivity index (χ4v) is 3.74. The molecule has 2 heteroatoms. The van der Waals surface area contributed by atoms with Gasteiger partial charge in [-0.3, -0.25) is 0 Å². The molecule has 0 saturated heterocycles. The van der Waals surface area contributed by atoms with Crippen LogP contribution in [0.3, 0.4) is 0 Å². The van der Waals surface area contributed by atoms with E-state index in [4.69, 9.17) is 0 Å². The van der Waals surface area contributed by atoms with Crippen LogP contribution in [-0.2, 0) is 0 Å². The molecule has 1 unspecified atom stereocenters.